The summed E-state index contributed by atoms with van der Waals surface area (Å²) >= 11 is 0. The molecule has 1 aliphatic heterocycles. The Kier molecular flexibility index (Phi) is 5.97. The van der Waals surface area contributed by atoms with E-state index in [1.807, 2.05) is 19.9 Å². The van der Waals surface area contributed by atoms with Crippen molar-refractivity contribution in [2.45, 2.75) is 37.3 Å². The molecule has 114 valence electrons. The second-order valence-corrected chi connectivity index (χ2v) is 6.83. The fourth-order valence-electron chi connectivity index (χ4n) is 2.33. The molecule has 2 rings (SSSR count). The Labute approximate surface area is 126 Å². The highest BCUT2D eigenvalue weighted by Gasteiger charge is 2.28. The fraction of sp³-hybridized carbons (Fsp3) is 0.538. The van der Waals surface area contributed by atoms with E-state index in [2.05, 4.69) is 10.0 Å². The van der Waals surface area contributed by atoms with E-state index in [1.165, 1.54) is 0 Å². The van der Waals surface area contributed by atoms with Gasteiger partial charge in [-0.15, -0.1) is 12.4 Å². The third kappa shape index (κ3) is 4.17. The first kappa shape index (κ1) is 17.4. The van der Waals surface area contributed by atoms with E-state index in [-0.39, 0.29) is 17.3 Å². The molecule has 0 unspecified atom stereocenters. The van der Waals surface area contributed by atoms with Crippen LogP contribution in [0.25, 0.3) is 0 Å². The zero-order chi connectivity index (χ0) is 14.0. The van der Waals surface area contributed by atoms with Crippen LogP contribution in [0.3, 0.4) is 0 Å². The maximum atomic E-state index is 12.3. The lowest BCUT2D eigenvalue weighted by molar-refractivity contribution is 0.113. The molecule has 1 aliphatic rings. The van der Waals surface area contributed by atoms with Crippen molar-refractivity contribution in [3.05, 3.63) is 29.3 Å². The Morgan fingerprint density at radius 3 is 2.40 bits per heavy atom. The van der Waals surface area contributed by atoms with Crippen molar-refractivity contribution in [1.29, 1.82) is 0 Å². The predicted octanol–water partition coefficient (Wildman–Crippen LogP) is 0.726. The van der Waals surface area contributed by atoms with Crippen molar-refractivity contribution in [3.8, 4) is 0 Å². The second-order valence-electron chi connectivity index (χ2n) is 5.11. The average Bonchev–Trinajstić information content (AvgIpc) is 2.31. The number of hydrogen-bond donors (Lipinski definition) is 3. The lowest BCUT2D eigenvalue weighted by Crippen LogP contribution is -2.52. The molecule has 3 N–H and O–H groups in total. The van der Waals surface area contributed by atoms with Crippen LogP contribution in [0, 0.1) is 13.8 Å². The summed E-state index contributed by atoms with van der Waals surface area (Å²) in [4.78, 5) is 0.260. The standard InChI is InChI=1S/C13H20N2O3S.ClH/c1-9-5-10(2)7-11(6-9)19(17,18)15-12-3-4-14-8-13(12)16;/h5-7,12-16H,3-4,8H2,1-2H3;1H/t12-,13-;/m1./s1. The van der Waals surface area contributed by atoms with Gasteiger partial charge in [0, 0.05) is 6.54 Å². The van der Waals surface area contributed by atoms with Crippen LogP contribution in [-0.4, -0.2) is 38.8 Å². The number of rotatable bonds is 3. The third-order valence-corrected chi connectivity index (χ3v) is 4.73. The summed E-state index contributed by atoms with van der Waals surface area (Å²) < 4.78 is 27.2. The number of aliphatic hydroxyl groups excluding tert-OH is 1. The van der Waals surface area contributed by atoms with Crippen LogP contribution in [0.2, 0.25) is 0 Å². The zero-order valence-corrected chi connectivity index (χ0v) is 13.2. The summed E-state index contributed by atoms with van der Waals surface area (Å²) in [6.07, 6.45) is -0.0972. The van der Waals surface area contributed by atoms with Crippen LogP contribution in [0.5, 0.6) is 0 Å². The molecule has 0 aromatic heterocycles. The molecular weight excluding hydrogens is 300 g/mol. The first-order valence-corrected chi connectivity index (χ1v) is 7.86. The van der Waals surface area contributed by atoms with Gasteiger partial charge in [-0.3, -0.25) is 0 Å². The molecule has 1 aromatic rings. The fourth-order valence-corrected chi connectivity index (χ4v) is 3.83. The first-order valence-electron chi connectivity index (χ1n) is 6.38. The van der Waals surface area contributed by atoms with Crippen LogP contribution in [-0.2, 0) is 10.0 Å². The monoisotopic (exact) mass is 320 g/mol. The highest BCUT2D eigenvalue weighted by atomic mass is 35.5. The summed E-state index contributed by atoms with van der Waals surface area (Å²) in [6, 6.07) is 4.79. The largest absolute Gasteiger partial charge is 0.390 e. The van der Waals surface area contributed by atoms with Gasteiger partial charge >= 0.3 is 0 Å². The van der Waals surface area contributed by atoms with E-state index in [4.69, 9.17) is 0 Å². The number of halogens is 1. The summed E-state index contributed by atoms with van der Waals surface area (Å²) in [5.74, 6) is 0. The van der Waals surface area contributed by atoms with Gasteiger partial charge in [-0.05, 0) is 50.1 Å². The van der Waals surface area contributed by atoms with Gasteiger partial charge in [-0.2, -0.15) is 0 Å². The summed E-state index contributed by atoms with van der Waals surface area (Å²) in [5, 5.41) is 12.8. The molecule has 0 saturated carbocycles. The van der Waals surface area contributed by atoms with Gasteiger partial charge < -0.3 is 10.4 Å². The van der Waals surface area contributed by atoms with Crippen LogP contribution >= 0.6 is 12.4 Å². The van der Waals surface area contributed by atoms with E-state index < -0.39 is 22.2 Å². The predicted molar refractivity (Wildman–Crippen MR) is 80.8 cm³/mol. The Morgan fingerprint density at radius 1 is 1.25 bits per heavy atom. The Morgan fingerprint density at radius 2 is 1.85 bits per heavy atom. The van der Waals surface area contributed by atoms with Gasteiger partial charge in [-0.1, -0.05) is 6.07 Å². The first-order chi connectivity index (χ1) is 8.88. The van der Waals surface area contributed by atoms with E-state index in [1.54, 1.807) is 12.1 Å². The normalized spacial score (nSPS) is 23.1. The van der Waals surface area contributed by atoms with E-state index in [0.717, 1.165) is 11.1 Å². The molecule has 1 saturated heterocycles. The van der Waals surface area contributed by atoms with Crippen LogP contribution in [0.1, 0.15) is 17.5 Å². The number of aliphatic hydroxyl groups is 1. The van der Waals surface area contributed by atoms with Gasteiger partial charge in [0.05, 0.1) is 17.0 Å². The van der Waals surface area contributed by atoms with Crippen molar-refractivity contribution < 1.29 is 13.5 Å². The van der Waals surface area contributed by atoms with Crippen molar-refractivity contribution in [2.24, 2.45) is 0 Å². The van der Waals surface area contributed by atoms with Gasteiger partial charge in [0.25, 0.3) is 0 Å². The minimum absolute atomic E-state index is 0. The molecule has 0 spiro atoms. The number of hydrogen-bond acceptors (Lipinski definition) is 4. The third-order valence-electron chi connectivity index (χ3n) is 3.26. The molecular formula is C13H21ClN2O3S. The van der Waals surface area contributed by atoms with Crippen molar-refractivity contribution in [3.63, 3.8) is 0 Å². The van der Waals surface area contributed by atoms with Crippen molar-refractivity contribution >= 4 is 22.4 Å². The van der Waals surface area contributed by atoms with E-state index in [0.29, 0.717) is 19.5 Å². The van der Waals surface area contributed by atoms with Crippen molar-refractivity contribution in [2.75, 3.05) is 13.1 Å². The molecule has 20 heavy (non-hydrogen) atoms. The SMILES string of the molecule is Cc1cc(C)cc(S(=O)(=O)N[C@@H]2CCNC[C@H]2O)c1.Cl. The highest BCUT2D eigenvalue weighted by Crippen LogP contribution is 2.16. The van der Waals surface area contributed by atoms with Gasteiger partial charge in [0.2, 0.25) is 10.0 Å². The molecule has 0 aliphatic carbocycles. The number of aryl methyl sites for hydroxylation is 2. The summed E-state index contributed by atoms with van der Waals surface area (Å²) in [5.41, 5.74) is 1.82. The van der Waals surface area contributed by atoms with Gasteiger partial charge in [-0.25, -0.2) is 13.1 Å². The second kappa shape index (κ2) is 6.87. The molecule has 2 atom stereocenters. The topological polar surface area (TPSA) is 78.4 Å². The Hall–Kier alpha value is -0.660. The molecule has 7 heteroatoms. The maximum Gasteiger partial charge on any atom is 0.240 e. The van der Waals surface area contributed by atoms with Gasteiger partial charge in [0.15, 0.2) is 0 Å². The lowest BCUT2D eigenvalue weighted by atomic mass is 10.1. The quantitative estimate of drug-likeness (QED) is 0.767. The maximum absolute atomic E-state index is 12.3. The van der Waals surface area contributed by atoms with E-state index >= 15 is 0 Å². The molecule has 1 fully saturated rings. The molecule has 0 bridgehead atoms. The minimum atomic E-state index is -3.58. The Balaban J connectivity index is 0.00000200. The molecule has 1 aromatic carbocycles. The average molecular weight is 321 g/mol. The molecule has 0 radical (unpaired) electrons. The highest BCUT2D eigenvalue weighted by molar-refractivity contribution is 7.89. The number of β-amino-alcohol motifs (C(OH)–C–C–N with tert-alkyl or cyclic N) is 1. The molecule has 0 amide bonds. The molecule has 1 heterocycles. The van der Waals surface area contributed by atoms with Crippen molar-refractivity contribution in [1.82, 2.24) is 10.0 Å². The number of benzene rings is 1. The summed E-state index contributed by atoms with van der Waals surface area (Å²) in [7, 11) is -3.58. The van der Waals surface area contributed by atoms with Gasteiger partial charge in [0.1, 0.15) is 0 Å². The number of nitrogens with one attached hydrogen (secondary N) is 2. The summed E-state index contributed by atoms with van der Waals surface area (Å²) in [6.45, 7) is 4.86. The zero-order valence-electron chi connectivity index (χ0n) is 11.6. The van der Waals surface area contributed by atoms with Crippen LogP contribution < -0.4 is 10.0 Å². The Bertz CT molecular complexity index is 542. The molecule has 5 nitrogen and oxygen atoms in total. The van der Waals surface area contributed by atoms with Crippen LogP contribution in [0.4, 0.5) is 0 Å². The lowest BCUT2D eigenvalue weighted by Gasteiger charge is -2.28. The number of piperidine rings is 1. The number of sulfonamides is 1. The van der Waals surface area contributed by atoms with Crippen LogP contribution in [0.15, 0.2) is 23.1 Å². The minimum Gasteiger partial charge on any atom is -0.390 e. The smallest absolute Gasteiger partial charge is 0.240 e. The van der Waals surface area contributed by atoms with E-state index in [9.17, 15) is 13.5 Å².